The largest absolute Gasteiger partial charge is 0.507 e. The zero-order chi connectivity index (χ0) is 16.2. The first-order chi connectivity index (χ1) is 11.2. The minimum absolute atomic E-state index is 0.000672. The first-order valence-electron chi connectivity index (χ1n) is 7.57. The number of aromatic hydroxyl groups is 1. The Balaban J connectivity index is 1.91. The van der Waals surface area contributed by atoms with Gasteiger partial charge in [0.05, 0.1) is 13.2 Å². The van der Waals surface area contributed by atoms with Crippen molar-refractivity contribution in [3.63, 3.8) is 0 Å². The van der Waals surface area contributed by atoms with E-state index in [1.165, 1.54) is 0 Å². The minimum Gasteiger partial charge on any atom is -0.507 e. The Morgan fingerprint density at radius 3 is 2.48 bits per heavy atom. The number of benzene rings is 3. The van der Waals surface area contributed by atoms with Crippen LogP contribution in [-0.2, 0) is 0 Å². The number of phenols is 1. The Morgan fingerprint density at radius 2 is 1.74 bits per heavy atom. The van der Waals surface area contributed by atoms with Gasteiger partial charge in [0.15, 0.2) is 0 Å². The lowest BCUT2D eigenvalue weighted by molar-refractivity contribution is 0.414. The van der Waals surface area contributed by atoms with E-state index in [9.17, 15) is 5.11 Å². The van der Waals surface area contributed by atoms with Crippen molar-refractivity contribution >= 4 is 17.0 Å². The molecule has 0 bridgehead atoms. The van der Waals surface area contributed by atoms with Crippen molar-refractivity contribution in [2.75, 3.05) is 7.11 Å². The molecule has 3 rings (SSSR count). The topological polar surface area (TPSA) is 41.8 Å². The Hall–Kier alpha value is -2.81. The molecule has 3 nitrogen and oxygen atoms in total. The van der Waals surface area contributed by atoms with Crippen LogP contribution in [0.3, 0.4) is 0 Å². The van der Waals surface area contributed by atoms with Gasteiger partial charge in [0, 0.05) is 11.8 Å². The van der Waals surface area contributed by atoms with Gasteiger partial charge in [-0.1, -0.05) is 42.5 Å². The molecule has 0 aliphatic heterocycles. The quantitative estimate of drug-likeness (QED) is 0.708. The number of ether oxygens (including phenoxy) is 1. The monoisotopic (exact) mass is 305 g/mol. The van der Waals surface area contributed by atoms with Crippen LogP contribution in [0.25, 0.3) is 10.8 Å². The lowest BCUT2D eigenvalue weighted by Crippen LogP contribution is -1.93. The second-order valence-corrected chi connectivity index (χ2v) is 5.45. The molecule has 0 amide bonds. The molecule has 3 heteroatoms. The van der Waals surface area contributed by atoms with E-state index in [2.05, 4.69) is 4.99 Å². The second kappa shape index (κ2) is 6.53. The van der Waals surface area contributed by atoms with E-state index in [1.54, 1.807) is 19.4 Å². The zero-order valence-corrected chi connectivity index (χ0v) is 13.2. The number of nitrogens with zero attached hydrogens (tertiary/aromatic N) is 1. The molecule has 0 unspecified atom stereocenters. The summed E-state index contributed by atoms with van der Waals surface area (Å²) in [6.45, 7) is 2.03. The fourth-order valence-electron chi connectivity index (χ4n) is 2.57. The van der Waals surface area contributed by atoms with Gasteiger partial charge in [-0.15, -0.1) is 0 Å². The molecule has 0 heterocycles. The van der Waals surface area contributed by atoms with Crippen LogP contribution in [0.1, 0.15) is 24.1 Å². The third kappa shape index (κ3) is 3.19. The highest BCUT2D eigenvalue weighted by Gasteiger charge is 2.06. The van der Waals surface area contributed by atoms with Crippen molar-refractivity contribution in [2.24, 2.45) is 4.99 Å². The highest BCUT2D eigenvalue weighted by atomic mass is 16.5. The molecule has 0 saturated heterocycles. The average molecular weight is 305 g/mol. The van der Waals surface area contributed by atoms with E-state index < -0.39 is 0 Å². The summed E-state index contributed by atoms with van der Waals surface area (Å²) >= 11 is 0. The lowest BCUT2D eigenvalue weighted by Gasteiger charge is -2.09. The lowest BCUT2D eigenvalue weighted by atomic mass is 10.0. The molecule has 0 fully saturated rings. The van der Waals surface area contributed by atoms with Gasteiger partial charge in [-0.05, 0) is 41.5 Å². The predicted octanol–water partition coefficient (Wildman–Crippen LogP) is 4.73. The van der Waals surface area contributed by atoms with Crippen LogP contribution in [0.2, 0.25) is 0 Å². The molecule has 0 spiro atoms. The van der Waals surface area contributed by atoms with Gasteiger partial charge in [-0.2, -0.15) is 0 Å². The fourth-order valence-corrected chi connectivity index (χ4v) is 2.57. The molecule has 1 N–H and O–H groups in total. The summed E-state index contributed by atoms with van der Waals surface area (Å²) in [5.41, 5.74) is 1.85. The first-order valence-corrected chi connectivity index (χ1v) is 7.57. The maximum Gasteiger partial charge on any atom is 0.124 e. The van der Waals surface area contributed by atoms with Crippen molar-refractivity contribution in [3.05, 3.63) is 71.8 Å². The van der Waals surface area contributed by atoms with Crippen LogP contribution in [0.5, 0.6) is 11.5 Å². The molecule has 116 valence electrons. The number of fused-ring (bicyclic) bond motifs is 1. The number of phenolic OH excluding ortho intramolecular Hbond substituents is 1. The van der Waals surface area contributed by atoms with Crippen LogP contribution < -0.4 is 4.74 Å². The van der Waals surface area contributed by atoms with E-state index in [0.717, 1.165) is 27.6 Å². The van der Waals surface area contributed by atoms with Crippen LogP contribution in [0.15, 0.2) is 65.7 Å². The number of hydrogen-bond donors (Lipinski definition) is 1. The molecule has 3 aromatic carbocycles. The first kappa shape index (κ1) is 15.1. The van der Waals surface area contributed by atoms with Gasteiger partial charge in [-0.25, -0.2) is 0 Å². The standard InChI is InChI=1S/C20H19NO2/c1-14(15-7-10-17(23-2)11-8-15)21-13-19-18-6-4-3-5-16(18)9-12-20(19)22/h3-14,22H,1-2H3/t14-/m1/s1. The van der Waals surface area contributed by atoms with Crippen molar-refractivity contribution < 1.29 is 9.84 Å². The van der Waals surface area contributed by atoms with Crippen molar-refractivity contribution in [1.82, 2.24) is 0 Å². The minimum atomic E-state index is -0.000672. The molecule has 0 aliphatic rings. The van der Waals surface area contributed by atoms with E-state index >= 15 is 0 Å². The molecular weight excluding hydrogens is 286 g/mol. The number of hydrogen-bond acceptors (Lipinski definition) is 3. The fraction of sp³-hybridized carbons (Fsp3) is 0.150. The van der Waals surface area contributed by atoms with Gasteiger partial charge < -0.3 is 9.84 Å². The summed E-state index contributed by atoms with van der Waals surface area (Å²) in [5, 5.41) is 12.2. The molecule has 0 aliphatic carbocycles. The normalized spacial score (nSPS) is 12.6. The van der Waals surface area contributed by atoms with Crippen LogP contribution in [0.4, 0.5) is 0 Å². The summed E-state index contributed by atoms with van der Waals surface area (Å²) in [5.74, 6) is 1.08. The van der Waals surface area contributed by atoms with E-state index in [-0.39, 0.29) is 11.8 Å². The Labute approximate surface area is 135 Å². The molecule has 0 radical (unpaired) electrons. The highest BCUT2D eigenvalue weighted by Crippen LogP contribution is 2.27. The summed E-state index contributed by atoms with van der Waals surface area (Å²) in [6, 6.07) is 19.5. The van der Waals surface area contributed by atoms with E-state index in [0.29, 0.717) is 0 Å². The van der Waals surface area contributed by atoms with E-state index in [4.69, 9.17) is 4.74 Å². The smallest absolute Gasteiger partial charge is 0.124 e. The molecule has 1 atom stereocenters. The van der Waals surface area contributed by atoms with Crippen LogP contribution >= 0.6 is 0 Å². The van der Waals surface area contributed by atoms with Crippen molar-refractivity contribution in [3.8, 4) is 11.5 Å². The van der Waals surface area contributed by atoms with Crippen LogP contribution in [-0.4, -0.2) is 18.4 Å². The summed E-state index contributed by atoms with van der Waals surface area (Å²) in [7, 11) is 1.65. The highest BCUT2D eigenvalue weighted by molar-refractivity contribution is 6.02. The Kier molecular flexibility index (Phi) is 4.29. The average Bonchev–Trinajstić information content (AvgIpc) is 2.60. The maximum atomic E-state index is 10.2. The van der Waals surface area contributed by atoms with Crippen molar-refractivity contribution in [1.29, 1.82) is 0 Å². The number of methoxy groups -OCH3 is 1. The SMILES string of the molecule is COc1ccc([C@@H](C)N=Cc2c(O)ccc3ccccc23)cc1. The second-order valence-electron chi connectivity index (χ2n) is 5.45. The maximum absolute atomic E-state index is 10.2. The zero-order valence-electron chi connectivity index (χ0n) is 13.2. The molecule has 0 aromatic heterocycles. The van der Waals surface area contributed by atoms with Crippen molar-refractivity contribution in [2.45, 2.75) is 13.0 Å². The predicted molar refractivity (Wildman–Crippen MR) is 94.6 cm³/mol. The van der Waals surface area contributed by atoms with Gasteiger partial charge in [-0.3, -0.25) is 4.99 Å². The molecule has 3 aromatic rings. The van der Waals surface area contributed by atoms with Gasteiger partial charge in [0.2, 0.25) is 0 Å². The molecular formula is C20H19NO2. The number of aliphatic imine (C=N–C) groups is 1. The summed E-state index contributed by atoms with van der Waals surface area (Å²) < 4.78 is 5.17. The van der Waals surface area contributed by atoms with Gasteiger partial charge in [0.1, 0.15) is 11.5 Å². The summed E-state index contributed by atoms with van der Waals surface area (Å²) in [6.07, 6.45) is 1.76. The Bertz CT molecular complexity index is 838. The Morgan fingerprint density at radius 1 is 1.00 bits per heavy atom. The summed E-state index contributed by atoms with van der Waals surface area (Å²) in [4.78, 5) is 4.61. The number of rotatable bonds is 4. The van der Waals surface area contributed by atoms with Crippen LogP contribution in [0, 0.1) is 0 Å². The molecule has 23 heavy (non-hydrogen) atoms. The van der Waals surface area contributed by atoms with Gasteiger partial charge in [0.25, 0.3) is 0 Å². The van der Waals surface area contributed by atoms with E-state index in [1.807, 2.05) is 61.5 Å². The third-order valence-electron chi connectivity index (χ3n) is 3.97. The van der Waals surface area contributed by atoms with Gasteiger partial charge >= 0.3 is 0 Å². The molecule has 0 saturated carbocycles. The third-order valence-corrected chi connectivity index (χ3v) is 3.97.